The zero-order valence-electron chi connectivity index (χ0n) is 11.6. The highest BCUT2D eigenvalue weighted by Gasteiger charge is 2.34. The molecule has 6 heteroatoms. The average Bonchev–Trinajstić information content (AvgIpc) is 2.94. The van der Waals surface area contributed by atoms with E-state index < -0.39 is 11.7 Å². The molecule has 1 aromatic carbocycles. The maximum atomic E-state index is 13.1. The Morgan fingerprint density at radius 3 is 2.48 bits per heavy atom. The van der Waals surface area contributed by atoms with Crippen LogP contribution in [0, 0.1) is 0 Å². The molecule has 1 fully saturated rings. The summed E-state index contributed by atoms with van der Waals surface area (Å²) in [5.41, 5.74) is -0.486. The summed E-state index contributed by atoms with van der Waals surface area (Å²) in [5.74, 6) is 0. The molecule has 0 aromatic heterocycles. The maximum Gasteiger partial charge on any atom is 0.416 e. The number of aliphatic hydroxyl groups excluding tert-OH is 1. The van der Waals surface area contributed by atoms with Crippen molar-refractivity contribution in [3.8, 4) is 0 Å². The number of alkyl halides is 3. The van der Waals surface area contributed by atoms with Crippen LogP contribution >= 0.6 is 0 Å². The highest BCUT2D eigenvalue weighted by atomic mass is 19.4. The Balaban J connectivity index is 2.37. The highest BCUT2D eigenvalue weighted by Crippen LogP contribution is 2.36. The predicted octanol–water partition coefficient (Wildman–Crippen LogP) is 3.15. The van der Waals surface area contributed by atoms with Crippen molar-refractivity contribution in [2.45, 2.75) is 44.3 Å². The molecule has 1 aromatic rings. The van der Waals surface area contributed by atoms with Crippen molar-refractivity contribution in [3.05, 3.63) is 29.3 Å². The Labute approximate surface area is 121 Å². The molecule has 0 radical (unpaired) electrons. The number of benzene rings is 1. The van der Waals surface area contributed by atoms with Gasteiger partial charge in [-0.05, 0) is 30.5 Å². The molecule has 1 aliphatic rings. The van der Waals surface area contributed by atoms with Crippen LogP contribution in [0.2, 0.25) is 0 Å². The van der Waals surface area contributed by atoms with Crippen molar-refractivity contribution in [2.75, 3.05) is 11.6 Å². The van der Waals surface area contributed by atoms with Gasteiger partial charge < -0.3 is 14.8 Å². The van der Waals surface area contributed by atoms with Gasteiger partial charge in [0, 0.05) is 18.2 Å². The maximum absolute atomic E-state index is 13.1. The molecule has 0 bridgehead atoms. The van der Waals surface area contributed by atoms with E-state index in [1.54, 1.807) is 11.0 Å². The van der Waals surface area contributed by atoms with Crippen molar-refractivity contribution in [3.63, 3.8) is 0 Å². The van der Waals surface area contributed by atoms with Gasteiger partial charge in [-0.3, -0.25) is 0 Å². The molecule has 0 atom stereocenters. The molecule has 2 rings (SSSR count). The monoisotopic (exact) mass is 301 g/mol. The molecule has 0 spiro atoms. The summed E-state index contributed by atoms with van der Waals surface area (Å²) in [7, 11) is 0. The standard InChI is InChI=1S/C15H18F3NO2/c16-15(17,18)14-9-13(6-5-11(14)7-8-20)19(10-21)12-3-1-2-4-12/h5-6,8-9,12,21H,1-4,7,10H2. The lowest BCUT2D eigenvalue weighted by Gasteiger charge is -2.29. The van der Waals surface area contributed by atoms with Crippen LogP contribution in [0.25, 0.3) is 0 Å². The summed E-state index contributed by atoms with van der Waals surface area (Å²) in [4.78, 5) is 12.1. The van der Waals surface area contributed by atoms with Gasteiger partial charge in [0.1, 0.15) is 13.0 Å². The highest BCUT2D eigenvalue weighted by molar-refractivity contribution is 5.60. The summed E-state index contributed by atoms with van der Waals surface area (Å²) in [6.07, 6.45) is -0.517. The summed E-state index contributed by atoms with van der Waals surface area (Å²) in [6.45, 7) is -0.311. The van der Waals surface area contributed by atoms with Gasteiger partial charge in [-0.15, -0.1) is 0 Å². The summed E-state index contributed by atoms with van der Waals surface area (Å²) >= 11 is 0. The van der Waals surface area contributed by atoms with Crippen LogP contribution in [0.4, 0.5) is 18.9 Å². The average molecular weight is 301 g/mol. The van der Waals surface area contributed by atoms with Gasteiger partial charge in [0.25, 0.3) is 0 Å². The van der Waals surface area contributed by atoms with E-state index in [-0.39, 0.29) is 24.8 Å². The fraction of sp³-hybridized carbons (Fsp3) is 0.533. The minimum Gasteiger partial charge on any atom is -0.376 e. The quantitative estimate of drug-likeness (QED) is 0.671. The van der Waals surface area contributed by atoms with Crippen molar-refractivity contribution in [1.29, 1.82) is 0 Å². The lowest BCUT2D eigenvalue weighted by atomic mass is 10.0. The molecular weight excluding hydrogens is 283 g/mol. The van der Waals surface area contributed by atoms with Gasteiger partial charge in [-0.2, -0.15) is 13.2 Å². The Hall–Kier alpha value is -1.56. The van der Waals surface area contributed by atoms with Crippen LogP contribution in [-0.4, -0.2) is 24.2 Å². The Morgan fingerprint density at radius 2 is 1.95 bits per heavy atom. The molecule has 0 amide bonds. The normalized spacial score (nSPS) is 16.2. The van der Waals surface area contributed by atoms with E-state index in [0.717, 1.165) is 31.7 Å². The number of hydrogen-bond acceptors (Lipinski definition) is 3. The van der Waals surface area contributed by atoms with E-state index in [2.05, 4.69) is 0 Å². The van der Waals surface area contributed by atoms with E-state index in [1.165, 1.54) is 6.07 Å². The predicted molar refractivity (Wildman–Crippen MR) is 73.0 cm³/mol. The lowest BCUT2D eigenvalue weighted by molar-refractivity contribution is -0.138. The smallest absolute Gasteiger partial charge is 0.376 e. The number of anilines is 1. The first-order chi connectivity index (χ1) is 9.97. The molecule has 1 saturated carbocycles. The Bertz CT molecular complexity index is 496. The minimum absolute atomic E-state index is 0.0365. The lowest BCUT2D eigenvalue weighted by Crippen LogP contribution is -2.34. The van der Waals surface area contributed by atoms with Crippen LogP contribution in [0.5, 0.6) is 0 Å². The van der Waals surface area contributed by atoms with Crippen molar-refractivity contribution < 1.29 is 23.1 Å². The first-order valence-electron chi connectivity index (χ1n) is 6.98. The number of nitrogens with zero attached hydrogens (tertiary/aromatic N) is 1. The number of carbonyl (C=O) groups is 1. The number of carbonyl (C=O) groups excluding carboxylic acids is 1. The molecule has 21 heavy (non-hydrogen) atoms. The molecule has 0 saturated heterocycles. The van der Waals surface area contributed by atoms with E-state index in [9.17, 15) is 23.1 Å². The van der Waals surface area contributed by atoms with E-state index in [4.69, 9.17) is 0 Å². The van der Waals surface area contributed by atoms with E-state index in [0.29, 0.717) is 12.0 Å². The zero-order valence-corrected chi connectivity index (χ0v) is 11.6. The molecule has 116 valence electrons. The van der Waals surface area contributed by atoms with Gasteiger partial charge in [-0.25, -0.2) is 0 Å². The Kier molecular flexibility index (Phi) is 4.88. The van der Waals surface area contributed by atoms with Crippen LogP contribution in [0.3, 0.4) is 0 Å². The number of halogens is 3. The Morgan fingerprint density at radius 1 is 1.29 bits per heavy atom. The number of hydrogen-bond donors (Lipinski definition) is 1. The second-order valence-corrected chi connectivity index (χ2v) is 5.26. The summed E-state index contributed by atoms with van der Waals surface area (Å²) in [5, 5.41) is 9.49. The minimum atomic E-state index is -4.51. The fourth-order valence-corrected chi connectivity index (χ4v) is 2.90. The molecule has 1 N–H and O–H groups in total. The summed E-state index contributed by atoms with van der Waals surface area (Å²) in [6, 6.07) is 3.98. The topological polar surface area (TPSA) is 40.5 Å². The van der Waals surface area contributed by atoms with Gasteiger partial charge in [-0.1, -0.05) is 18.9 Å². The zero-order chi connectivity index (χ0) is 15.5. The fourth-order valence-electron chi connectivity index (χ4n) is 2.90. The SMILES string of the molecule is O=CCc1ccc(N(CO)C2CCCC2)cc1C(F)(F)F. The van der Waals surface area contributed by atoms with Gasteiger partial charge in [0.05, 0.1) is 5.56 Å². The second-order valence-electron chi connectivity index (χ2n) is 5.26. The van der Waals surface area contributed by atoms with Crippen LogP contribution in [-0.2, 0) is 17.4 Å². The molecule has 0 heterocycles. The molecule has 1 aliphatic carbocycles. The third kappa shape index (κ3) is 3.56. The molecular formula is C15H18F3NO2. The second kappa shape index (κ2) is 6.47. The van der Waals surface area contributed by atoms with Crippen LogP contribution in [0.15, 0.2) is 18.2 Å². The van der Waals surface area contributed by atoms with Crippen LogP contribution in [0.1, 0.15) is 36.8 Å². The van der Waals surface area contributed by atoms with E-state index >= 15 is 0 Å². The first kappa shape index (κ1) is 15.8. The van der Waals surface area contributed by atoms with Crippen molar-refractivity contribution >= 4 is 12.0 Å². The van der Waals surface area contributed by atoms with Crippen molar-refractivity contribution in [2.24, 2.45) is 0 Å². The third-order valence-electron chi connectivity index (χ3n) is 3.95. The molecule has 3 nitrogen and oxygen atoms in total. The molecule has 0 unspecified atom stereocenters. The summed E-state index contributed by atoms with van der Waals surface area (Å²) < 4.78 is 39.3. The van der Waals surface area contributed by atoms with Crippen LogP contribution < -0.4 is 4.90 Å². The molecule has 0 aliphatic heterocycles. The number of rotatable bonds is 5. The third-order valence-corrected chi connectivity index (χ3v) is 3.95. The number of aliphatic hydroxyl groups is 1. The number of aldehydes is 1. The van der Waals surface area contributed by atoms with Gasteiger partial charge in [0.15, 0.2) is 0 Å². The van der Waals surface area contributed by atoms with Gasteiger partial charge >= 0.3 is 6.18 Å². The van der Waals surface area contributed by atoms with Crippen molar-refractivity contribution in [1.82, 2.24) is 0 Å². The van der Waals surface area contributed by atoms with Gasteiger partial charge in [0.2, 0.25) is 0 Å². The van der Waals surface area contributed by atoms with E-state index in [1.807, 2.05) is 0 Å². The first-order valence-corrected chi connectivity index (χ1v) is 6.98. The largest absolute Gasteiger partial charge is 0.416 e.